The molecule has 0 aromatic heterocycles. The van der Waals surface area contributed by atoms with E-state index >= 15 is 0 Å². The monoisotopic (exact) mass is 202 g/mol. The van der Waals surface area contributed by atoms with Gasteiger partial charge in [0.25, 0.3) is 0 Å². The molecule has 0 heterocycles. The van der Waals surface area contributed by atoms with Crippen molar-refractivity contribution in [2.24, 2.45) is 0 Å². The molecule has 0 aromatic rings. The number of carbonyl (C=O) groups excluding carboxylic acids is 1. The average Bonchev–Trinajstić information content (AvgIpc) is 2.10. The van der Waals surface area contributed by atoms with Crippen LogP contribution in [0.3, 0.4) is 0 Å². The maximum Gasteiger partial charge on any atom is 0.304 e. The minimum atomic E-state index is -0.789. The van der Waals surface area contributed by atoms with Gasteiger partial charge in [-0.25, -0.2) is 0 Å². The fourth-order valence-corrected chi connectivity index (χ4v) is 1.07. The highest BCUT2D eigenvalue weighted by molar-refractivity contribution is 5.72. The molecule has 0 unspecified atom stereocenters. The summed E-state index contributed by atoms with van der Waals surface area (Å²) in [5.74, 6) is -0.845. The van der Waals surface area contributed by atoms with Gasteiger partial charge in [-0.2, -0.15) is 0 Å². The second-order valence-corrected chi connectivity index (χ2v) is 3.06. The van der Waals surface area contributed by atoms with Crippen LogP contribution in [0.5, 0.6) is 0 Å². The number of carbonyl (C=O) groups is 2. The van der Waals surface area contributed by atoms with Crippen molar-refractivity contribution < 1.29 is 14.7 Å². The van der Waals surface area contributed by atoms with Gasteiger partial charge in [0, 0.05) is 26.6 Å². The highest BCUT2D eigenvalue weighted by Gasteiger charge is 2.04. The zero-order valence-electron chi connectivity index (χ0n) is 8.75. The SMILES string of the molecule is CCN(CCNC(C)=O)CCC(=O)O. The fourth-order valence-electron chi connectivity index (χ4n) is 1.07. The number of nitrogens with zero attached hydrogens (tertiary/aromatic N) is 1. The lowest BCUT2D eigenvalue weighted by Gasteiger charge is -2.19. The summed E-state index contributed by atoms with van der Waals surface area (Å²) in [7, 11) is 0. The van der Waals surface area contributed by atoms with E-state index in [4.69, 9.17) is 5.11 Å². The smallest absolute Gasteiger partial charge is 0.304 e. The molecule has 0 aliphatic carbocycles. The summed E-state index contributed by atoms with van der Waals surface area (Å²) >= 11 is 0. The Kier molecular flexibility index (Phi) is 6.74. The summed E-state index contributed by atoms with van der Waals surface area (Å²) in [6.07, 6.45) is 0.147. The second-order valence-electron chi connectivity index (χ2n) is 3.06. The van der Waals surface area contributed by atoms with Crippen molar-refractivity contribution in [2.45, 2.75) is 20.3 Å². The van der Waals surface area contributed by atoms with Gasteiger partial charge in [0.1, 0.15) is 0 Å². The molecule has 1 amide bonds. The van der Waals surface area contributed by atoms with Crippen LogP contribution in [-0.2, 0) is 9.59 Å². The Hall–Kier alpha value is -1.10. The number of hydrogen-bond donors (Lipinski definition) is 2. The van der Waals surface area contributed by atoms with Gasteiger partial charge in [-0.05, 0) is 6.54 Å². The Balaban J connectivity index is 3.57. The number of carboxylic acid groups (broad SMARTS) is 1. The van der Waals surface area contributed by atoms with Crippen LogP contribution in [0.4, 0.5) is 0 Å². The van der Waals surface area contributed by atoms with E-state index in [2.05, 4.69) is 5.32 Å². The van der Waals surface area contributed by atoms with Crippen molar-refractivity contribution in [2.75, 3.05) is 26.2 Å². The Labute approximate surface area is 84.1 Å². The molecule has 0 rings (SSSR count). The fraction of sp³-hybridized carbons (Fsp3) is 0.778. The first kappa shape index (κ1) is 12.9. The summed E-state index contributed by atoms with van der Waals surface area (Å²) in [5, 5.41) is 11.1. The topological polar surface area (TPSA) is 69.6 Å². The minimum absolute atomic E-state index is 0.0562. The molecule has 0 spiro atoms. The molecular weight excluding hydrogens is 184 g/mol. The van der Waals surface area contributed by atoms with Crippen LogP contribution >= 0.6 is 0 Å². The first-order valence-electron chi connectivity index (χ1n) is 4.74. The molecule has 0 aliphatic rings. The van der Waals surface area contributed by atoms with Gasteiger partial charge in [-0.1, -0.05) is 6.92 Å². The highest BCUT2D eigenvalue weighted by Crippen LogP contribution is 1.90. The molecule has 0 atom stereocenters. The molecule has 14 heavy (non-hydrogen) atoms. The molecule has 0 saturated heterocycles. The van der Waals surface area contributed by atoms with E-state index in [1.54, 1.807) is 0 Å². The van der Waals surface area contributed by atoms with Gasteiger partial charge in [0.15, 0.2) is 0 Å². The summed E-state index contributed by atoms with van der Waals surface area (Å²) in [6.45, 7) is 6.04. The van der Waals surface area contributed by atoms with Crippen LogP contribution in [0.2, 0.25) is 0 Å². The Morgan fingerprint density at radius 1 is 1.36 bits per heavy atom. The van der Waals surface area contributed by atoms with Crippen molar-refractivity contribution in [3.8, 4) is 0 Å². The van der Waals surface area contributed by atoms with Crippen LogP contribution in [0.25, 0.3) is 0 Å². The molecule has 0 fully saturated rings. The summed E-state index contributed by atoms with van der Waals surface area (Å²) in [4.78, 5) is 22.9. The third-order valence-corrected chi connectivity index (χ3v) is 1.89. The molecule has 0 radical (unpaired) electrons. The number of aliphatic carboxylic acids is 1. The molecule has 82 valence electrons. The van der Waals surface area contributed by atoms with Crippen LogP contribution in [-0.4, -0.2) is 48.1 Å². The number of nitrogens with one attached hydrogen (secondary N) is 1. The quantitative estimate of drug-likeness (QED) is 0.606. The lowest BCUT2D eigenvalue weighted by atomic mass is 10.3. The maximum atomic E-state index is 10.6. The number of hydrogen-bond acceptors (Lipinski definition) is 3. The molecular formula is C9H18N2O3. The third-order valence-electron chi connectivity index (χ3n) is 1.89. The first-order valence-corrected chi connectivity index (χ1v) is 4.74. The third kappa shape index (κ3) is 7.54. The van der Waals surface area contributed by atoms with Gasteiger partial charge in [0.05, 0.1) is 6.42 Å². The van der Waals surface area contributed by atoms with Crippen molar-refractivity contribution >= 4 is 11.9 Å². The molecule has 0 aliphatic heterocycles. The van der Waals surface area contributed by atoms with E-state index in [0.717, 1.165) is 6.54 Å². The van der Waals surface area contributed by atoms with Crippen molar-refractivity contribution in [1.82, 2.24) is 10.2 Å². The highest BCUT2D eigenvalue weighted by atomic mass is 16.4. The molecule has 5 nitrogen and oxygen atoms in total. The van der Waals surface area contributed by atoms with E-state index in [-0.39, 0.29) is 12.3 Å². The molecule has 5 heteroatoms. The largest absolute Gasteiger partial charge is 0.481 e. The minimum Gasteiger partial charge on any atom is -0.481 e. The van der Waals surface area contributed by atoms with Gasteiger partial charge in [0.2, 0.25) is 5.91 Å². The Morgan fingerprint density at radius 2 is 2.00 bits per heavy atom. The zero-order chi connectivity index (χ0) is 11.0. The van der Waals surface area contributed by atoms with Gasteiger partial charge < -0.3 is 15.3 Å². The zero-order valence-corrected chi connectivity index (χ0v) is 8.75. The molecule has 2 N–H and O–H groups in total. The predicted molar refractivity (Wildman–Crippen MR) is 53.1 cm³/mol. The number of amides is 1. The van der Waals surface area contributed by atoms with Crippen molar-refractivity contribution in [3.63, 3.8) is 0 Å². The van der Waals surface area contributed by atoms with Crippen LogP contribution in [0.15, 0.2) is 0 Å². The lowest BCUT2D eigenvalue weighted by molar-refractivity contribution is -0.137. The number of likely N-dealkylation sites (N-methyl/N-ethyl adjacent to an activating group) is 1. The average molecular weight is 202 g/mol. The van der Waals surface area contributed by atoms with Crippen LogP contribution in [0.1, 0.15) is 20.3 Å². The standard InChI is InChI=1S/C9H18N2O3/c1-3-11(6-4-9(13)14)7-5-10-8(2)12/h3-7H2,1-2H3,(H,10,12)(H,13,14). The summed E-state index contributed by atoms with van der Waals surface area (Å²) in [5.41, 5.74) is 0. The van der Waals surface area contributed by atoms with E-state index < -0.39 is 5.97 Å². The van der Waals surface area contributed by atoms with Gasteiger partial charge in [-0.3, -0.25) is 9.59 Å². The van der Waals surface area contributed by atoms with E-state index in [1.807, 2.05) is 11.8 Å². The Bertz CT molecular complexity index is 194. The van der Waals surface area contributed by atoms with Crippen LogP contribution < -0.4 is 5.32 Å². The molecule has 0 bridgehead atoms. The van der Waals surface area contributed by atoms with E-state index in [1.165, 1.54) is 6.92 Å². The van der Waals surface area contributed by atoms with E-state index in [9.17, 15) is 9.59 Å². The summed E-state index contributed by atoms with van der Waals surface area (Å²) < 4.78 is 0. The lowest BCUT2D eigenvalue weighted by Crippen LogP contribution is -2.35. The van der Waals surface area contributed by atoms with Crippen molar-refractivity contribution in [1.29, 1.82) is 0 Å². The molecule has 0 saturated carbocycles. The number of rotatable bonds is 7. The van der Waals surface area contributed by atoms with Crippen molar-refractivity contribution in [3.05, 3.63) is 0 Å². The first-order chi connectivity index (χ1) is 6.56. The Morgan fingerprint density at radius 3 is 2.43 bits per heavy atom. The van der Waals surface area contributed by atoms with Gasteiger partial charge >= 0.3 is 5.97 Å². The van der Waals surface area contributed by atoms with Gasteiger partial charge in [-0.15, -0.1) is 0 Å². The second kappa shape index (κ2) is 7.32. The van der Waals surface area contributed by atoms with Crippen LogP contribution in [0, 0.1) is 0 Å². The number of carboxylic acids is 1. The predicted octanol–water partition coefficient (Wildman–Crippen LogP) is -0.0809. The molecule has 0 aromatic carbocycles. The maximum absolute atomic E-state index is 10.6. The van der Waals surface area contributed by atoms with E-state index in [0.29, 0.717) is 19.6 Å². The normalized spacial score (nSPS) is 10.2. The summed E-state index contributed by atoms with van der Waals surface area (Å²) in [6, 6.07) is 0.